The molecule has 3 aromatic carbocycles. The summed E-state index contributed by atoms with van der Waals surface area (Å²) < 4.78 is 60.4. The molecule has 0 unspecified atom stereocenters. The maximum atomic E-state index is 13.5. The van der Waals surface area contributed by atoms with E-state index in [1.54, 1.807) is 4.98 Å². The summed E-state index contributed by atoms with van der Waals surface area (Å²) in [4.78, 5) is 26.3. The van der Waals surface area contributed by atoms with E-state index in [0.29, 0.717) is 12.6 Å². The summed E-state index contributed by atoms with van der Waals surface area (Å²) in [7, 11) is 0. The molecule has 1 aliphatic rings. The molecule has 0 saturated carbocycles. The Hall–Kier alpha value is -4.43. The summed E-state index contributed by atoms with van der Waals surface area (Å²) in [6.07, 6.45) is -6.45. The second-order valence-electron chi connectivity index (χ2n) is 10.2. The van der Waals surface area contributed by atoms with Gasteiger partial charge in [-0.2, -0.15) is 13.2 Å². The predicted octanol–water partition coefficient (Wildman–Crippen LogP) is 5.65. The predicted molar refractivity (Wildman–Crippen MR) is 158 cm³/mol. The third kappa shape index (κ3) is 6.55. The molecule has 1 aromatic heterocycles. The molecule has 10 heteroatoms. The first-order valence-electron chi connectivity index (χ1n) is 14.2. The highest BCUT2D eigenvalue weighted by atomic mass is 19.4. The van der Waals surface area contributed by atoms with E-state index in [1.807, 2.05) is 97.9 Å². The Bertz CT molecular complexity index is 1610. The number of aromatic amines is 1. The van der Waals surface area contributed by atoms with E-state index in [4.69, 9.17) is 14.2 Å². The lowest BCUT2D eigenvalue weighted by Crippen LogP contribution is -2.39. The average molecular weight is 605 g/mol. The van der Waals surface area contributed by atoms with Crippen molar-refractivity contribution in [1.82, 2.24) is 9.55 Å². The zero-order chi connectivity index (χ0) is 31.2. The van der Waals surface area contributed by atoms with Gasteiger partial charge in [-0.1, -0.05) is 104 Å². The minimum atomic E-state index is -4.96. The number of nitrogens with one attached hydrogen (secondary N) is 1. The SMILES string of the molecule is CCC#CCO[C@H]1C[C@H](n2cc(C(F)(F)F)c(=O)[nH]c2=O)O[C@@H]1COC(c1ccccc1)(c1ccccc1)c1ccccc1. The van der Waals surface area contributed by atoms with Crippen molar-refractivity contribution in [2.75, 3.05) is 13.2 Å². The van der Waals surface area contributed by atoms with E-state index >= 15 is 0 Å². The first kappa shape index (κ1) is 31.0. The highest BCUT2D eigenvalue weighted by Crippen LogP contribution is 2.42. The number of ether oxygens (including phenoxy) is 3. The lowest BCUT2D eigenvalue weighted by molar-refractivity contribution is -0.140. The van der Waals surface area contributed by atoms with Gasteiger partial charge in [0.05, 0.1) is 12.7 Å². The van der Waals surface area contributed by atoms with Crippen LogP contribution in [0.15, 0.2) is 107 Å². The molecular formula is C34H31F3N2O5. The number of alkyl halides is 3. The molecule has 0 aliphatic carbocycles. The molecule has 1 saturated heterocycles. The Morgan fingerprint density at radius 1 is 0.886 bits per heavy atom. The number of H-pyrrole nitrogens is 1. The fourth-order valence-corrected chi connectivity index (χ4v) is 5.40. The van der Waals surface area contributed by atoms with Crippen LogP contribution in [0.2, 0.25) is 0 Å². The Labute approximate surface area is 252 Å². The number of hydrogen-bond acceptors (Lipinski definition) is 5. The lowest BCUT2D eigenvalue weighted by Gasteiger charge is -2.37. The molecule has 0 radical (unpaired) electrons. The van der Waals surface area contributed by atoms with E-state index in [-0.39, 0.29) is 19.6 Å². The Kier molecular flexibility index (Phi) is 9.49. The number of rotatable bonds is 9. The number of nitrogens with zero attached hydrogens (tertiary/aromatic N) is 1. The zero-order valence-corrected chi connectivity index (χ0v) is 23.9. The van der Waals surface area contributed by atoms with Crippen LogP contribution in [0.4, 0.5) is 13.2 Å². The van der Waals surface area contributed by atoms with Crippen LogP contribution in [-0.4, -0.2) is 35.0 Å². The van der Waals surface area contributed by atoms with Gasteiger partial charge in [0, 0.05) is 19.0 Å². The largest absolute Gasteiger partial charge is 0.423 e. The second kappa shape index (κ2) is 13.5. The summed E-state index contributed by atoms with van der Waals surface area (Å²) in [5.41, 5.74) is -2.57. The normalized spacial score (nSPS) is 18.5. The highest BCUT2D eigenvalue weighted by Gasteiger charge is 2.43. The zero-order valence-electron chi connectivity index (χ0n) is 23.9. The molecule has 0 bridgehead atoms. The van der Waals surface area contributed by atoms with Crippen molar-refractivity contribution in [3.05, 3.63) is 140 Å². The van der Waals surface area contributed by atoms with Gasteiger partial charge in [0.25, 0.3) is 5.56 Å². The van der Waals surface area contributed by atoms with Gasteiger partial charge in [-0.05, 0) is 16.7 Å². The van der Waals surface area contributed by atoms with Crippen LogP contribution in [0.25, 0.3) is 0 Å². The lowest BCUT2D eigenvalue weighted by atomic mass is 9.80. The first-order valence-corrected chi connectivity index (χ1v) is 14.2. The van der Waals surface area contributed by atoms with Gasteiger partial charge in [-0.25, -0.2) is 4.79 Å². The molecular weight excluding hydrogens is 573 g/mol. The molecule has 1 fully saturated rings. The number of hydrogen-bond donors (Lipinski definition) is 1. The van der Waals surface area contributed by atoms with E-state index < -0.39 is 47.0 Å². The van der Waals surface area contributed by atoms with Crippen molar-refractivity contribution >= 4 is 0 Å². The summed E-state index contributed by atoms with van der Waals surface area (Å²) in [5.74, 6) is 5.82. The Morgan fingerprint density at radius 2 is 1.43 bits per heavy atom. The molecule has 3 atom stereocenters. The van der Waals surface area contributed by atoms with Crippen molar-refractivity contribution in [1.29, 1.82) is 0 Å². The molecule has 228 valence electrons. The maximum Gasteiger partial charge on any atom is 0.423 e. The smallest absolute Gasteiger partial charge is 0.363 e. The van der Waals surface area contributed by atoms with Crippen molar-refractivity contribution in [2.45, 2.75) is 50.0 Å². The van der Waals surface area contributed by atoms with Crippen LogP contribution in [0.5, 0.6) is 0 Å². The van der Waals surface area contributed by atoms with Gasteiger partial charge in [0.15, 0.2) is 0 Å². The van der Waals surface area contributed by atoms with Gasteiger partial charge in [-0.3, -0.25) is 14.3 Å². The minimum Gasteiger partial charge on any atom is -0.363 e. The number of halogens is 3. The van der Waals surface area contributed by atoms with Crippen LogP contribution in [-0.2, 0) is 26.0 Å². The molecule has 4 aromatic rings. The van der Waals surface area contributed by atoms with Crippen molar-refractivity contribution in [2.24, 2.45) is 0 Å². The topological polar surface area (TPSA) is 82.6 Å². The fourth-order valence-electron chi connectivity index (χ4n) is 5.40. The first-order chi connectivity index (χ1) is 21.2. The maximum absolute atomic E-state index is 13.5. The molecule has 1 N–H and O–H groups in total. The van der Waals surface area contributed by atoms with Gasteiger partial charge in [-0.15, -0.1) is 5.92 Å². The highest BCUT2D eigenvalue weighted by molar-refractivity contribution is 5.47. The van der Waals surface area contributed by atoms with E-state index in [9.17, 15) is 22.8 Å². The van der Waals surface area contributed by atoms with Crippen LogP contribution in [0.3, 0.4) is 0 Å². The van der Waals surface area contributed by atoms with Crippen molar-refractivity contribution < 1.29 is 27.4 Å². The van der Waals surface area contributed by atoms with E-state index in [1.165, 1.54) is 0 Å². The third-order valence-electron chi connectivity index (χ3n) is 7.44. The molecule has 7 nitrogen and oxygen atoms in total. The molecule has 5 rings (SSSR count). The van der Waals surface area contributed by atoms with Gasteiger partial charge < -0.3 is 14.2 Å². The second-order valence-corrected chi connectivity index (χ2v) is 10.2. The van der Waals surface area contributed by atoms with Gasteiger partial charge in [0.1, 0.15) is 30.1 Å². The van der Waals surface area contributed by atoms with E-state index in [2.05, 4.69) is 11.8 Å². The Balaban J connectivity index is 1.53. The van der Waals surface area contributed by atoms with Crippen molar-refractivity contribution in [3.63, 3.8) is 0 Å². The molecule has 2 heterocycles. The van der Waals surface area contributed by atoms with Crippen LogP contribution in [0, 0.1) is 11.8 Å². The number of aromatic nitrogens is 2. The standard InChI is InChI=1S/C34H31F3N2O5/c1-2-3-13-20-42-28-21-30(39-22-27(34(35,36)37)31(40)38-32(39)41)44-29(28)23-43-33(24-14-7-4-8-15-24,25-16-9-5-10-17-25)26-18-11-6-12-19-26/h4-12,14-19,22,28-30H,2,20-21,23H2,1H3,(H,38,40,41)/t28-,29+,30+/m0/s1. The summed E-state index contributed by atoms with van der Waals surface area (Å²) >= 11 is 0. The summed E-state index contributed by atoms with van der Waals surface area (Å²) in [5, 5.41) is 0. The molecule has 44 heavy (non-hydrogen) atoms. The van der Waals surface area contributed by atoms with Crippen molar-refractivity contribution in [3.8, 4) is 11.8 Å². The van der Waals surface area contributed by atoms with Crippen LogP contribution in [0.1, 0.15) is 48.2 Å². The minimum absolute atomic E-state index is 0.0279. The van der Waals surface area contributed by atoms with Gasteiger partial charge >= 0.3 is 11.9 Å². The quantitative estimate of drug-likeness (QED) is 0.197. The fraction of sp³-hybridized carbons (Fsp3) is 0.294. The van der Waals surface area contributed by atoms with Crippen LogP contribution >= 0.6 is 0 Å². The van der Waals surface area contributed by atoms with Crippen LogP contribution < -0.4 is 11.2 Å². The van der Waals surface area contributed by atoms with E-state index in [0.717, 1.165) is 21.3 Å². The summed E-state index contributed by atoms with van der Waals surface area (Å²) in [6, 6.07) is 29.0. The Morgan fingerprint density at radius 3 is 1.93 bits per heavy atom. The summed E-state index contributed by atoms with van der Waals surface area (Å²) in [6.45, 7) is 1.90. The molecule has 0 spiro atoms. The average Bonchev–Trinajstić information content (AvgIpc) is 3.43. The monoisotopic (exact) mass is 604 g/mol. The third-order valence-corrected chi connectivity index (χ3v) is 7.44. The number of benzene rings is 3. The molecule has 0 amide bonds. The molecule has 1 aliphatic heterocycles. The van der Waals surface area contributed by atoms with Gasteiger partial charge in [0.2, 0.25) is 0 Å².